The zero-order valence-electron chi connectivity index (χ0n) is 7.74. The smallest absolute Gasteiger partial charge is 0.330 e. The Balaban J connectivity index is 3.96. The quantitative estimate of drug-likeness (QED) is 0.630. The van der Waals surface area contributed by atoms with Gasteiger partial charge in [0, 0.05) is 5.57 Å². The molecule has 1 unspecified atom stereocenters. The van der Waals surface area contributed by atoms with E-state index in [2.05, 4.69) is 0 Å². The summed E-state index contributed by atoms with van der Waals surface area (Å²) in [5.41, 5.74) is 0.287. The Kier molecular flexibility index (Phi) is 4.59. The average molecular weight is 172 g/mol. The molecule has 0 aliphatic heterocycles. The maximum atomic E-state index is 10.3. The Morgan fingerprint density at radius 2 is 2.00 bits per heavy atom. The molecule has 0 amide bonds. The highest BCUT2D eigenvalue weighted by atomic mass is 16.4. The van der Waals surface area contributed by atoms with E-state index in [0.29, 0.717) is 6.42 Å². The molecule has 0 aliphatic rings. The maximum absolute atomic E-state index is 10.3. The van der Waals surface area contributed by atoms with E-state index in [0.717, 1.165) is 0 Å². The summed E-state index contributed by atoms with van der Waals surface area (Å²) in [6, 6.07) is 0. The van der Waals surface area contributed by atoms with Crippen molar-refractivity contribution in [2.24, 2.45) is 5.92 Å². The number of rotatable bonds is 4. The Morgan fingerprint density at radius 1 is 1.50 bits per heavy atom. The second kappa shape index (κ2) is 4.93. The van der Waals surface area contributed by atoms with Crippen LogP contribution in [0.25, 0.3) is 0 Å². The molecule has 0 rings (SSSR count). The van der Waals surface area contributed by atoms with E-state index >= 15 is 0 Å². The van der Waals surface area contributed by atoms with Crippen molar-refractivity contribution in [1.82, 2.24) is 0 Å². The molecule has 3 nitrogen and oxygen atoms in total. The van der Waals surface area contributed by atoms with Gasteiger partial charge in [-0.2, -0.15) is 0 Å². The highest BCUT2D eigenvalue weighted by Crippen LogP contribution is 2.07. The molecule has 3 heteroatoms. The molecule has 0 fully saturated rings. The molecule has 0 saturated heterocycles. The van der Waals surface area contributed by atoms with Crippen LogP contribution < -0.4 is 0 Å². The maximum Gasteiger partial charge on any atom is 0.330 e. The number of carboxylic acids is 1. The fraction of sp³-hybridized carbons (Fsp3) is 0.667. The lowest BCUT2D eigenvalue weighted by Gasteiger charge is -2.11. The first-order valence-corrected chi connectivity index (χ1v) is 4.03. The fourth-order valence-corrected chi connectivity index (χ4v) is 0.657. The molecule has 0 heterocycles. The van der Waals surface area contributed by atoms with Gasteiger partial charge in [0.15, 0.2) is 0 Å². The molecule has 0 saturated carbocycles. The summed E-state index contributed by atoms with van der Waals surface area (Å²) in [6.07, 6.45) is 1.52. The van der Waals surface area contributed by atoms with Gasteiger partial charge in [-0.1, -0.05) is 19.9 Å². The first kappa shape index (κ1) is 11.2. The Hall–Kier alpha value is -0.830. The minimum Gasteiger partial charge on any atom is -0.478 e. The van der Waals surface area contributed by atoms with E-state index in [4.69, 9.17) is 5.11 Å². The number of carbonyl (C=O) groups is 1. The van der Waals surface area contributed by atoms with Crippen LogP contribution in [0.4, 0.5) is 0 Å². The third-order valence-corrected chi connectivity index (χ3v) is 1.77. The molecule has 0 aromatic rings. The number of aliphatic carboxylic acids is 1. The van der Waals surface area contributed by atoms with Gasteiger partial charge < -0.3 is 10.2 Å². The summed E-state index contributed by atoms with van der Waals surface area (Å²) in [5.74, 6) is -0.756. The lowest BCUT2D eigenvalue weighted by atomic mass is 10.0. The van der Waals surface area contributed by atoms with E-state index < -0.39 is 12.1 Å². The van der Waals surface area contributed by atoms with Crippen molar-refractivity contribution in [3.8, 4) is 0 Å². The largest absolute Gasteiger partial charge is 0.478 e. The number of aliphatic hydroxyl groups is 1. The molecular formula is C9H16O3. The van der Waals surface area contributed by atoms with E-state index in [1.807, 2.05) is 13.8 Å². The van der Waals surface area contributed by atoms with Crippen LogP contribution in [0.2, 0.25) is 0 Å². The molecule has 12 heavy (non-hydrogen) atoms. The molecule has 0 aliphatic carbocycles. The highest BCUT2D eigenvalue weighted by Gasteiger charge is 2.08. The summed E-state index contributed by atoms with van der Waals surface area (Å²) in [7, 11) is 0. The van der Waals surface area contributed by atoms with Gasteiger partial charge in [0.1, 0.15) is 0 Å². The summed E-state index contributed by atoms with van der Waals surface area (Å²) < 4.78 is 0. The summed E-state index contributed by atoms with van der Waals surface area (Å²) in [5, 5.41) is 17.8. The molecule has 2 N–H and O–H groups in total. The number of aliphatic hydroxyl groups excluding tert-OH is 1. The van der Waals surface area contributed by atoms with Crippen molar-refractivity contribution in [1.29, 1.82) is 0 Å². The van der Waals surface area contributed by atoms with Crippen LogP contribution in [0.5, 0.6) is 0 Å². The van der Waals surface area contributed by atoms with E-state index in [1.54, 1.807) is 6.08 Å². The predicted molar refractivity (Wildman–Crippen MR) is 46.9 cm³/mol. The first-order chi connectivity index (χ1) is 5.45. The van der Waals surface area contributed by atoms with Crippen molar-refractivity contribution in [3.05, 3.63) is 11.6 Å². The summed E-state index contributed by atoms with van der Waals surface area (Å²) >= 11 is 0. The van der Waals surface area contributed by atoms with Gasteiger partial charge in [0.2, 0.25) is 0 Å². The third kappa shape index (κ3) is 4.13. The number of carboxylic acid groups (broad SMARTS) is 1. The summed E-state index contributed by atoms with van der Waals surface area (Å²) in [4.78, 5) is 10.3. The topological polar surface area (TPSA) is 57.5 Å². The van der Waals surface area contributed by atoms with Gasteiger partial charge in [0.25, 0.3) is 0 Å². The van der Waals surface area contributed by atoms with E-state index in [9.17, 15) is 9.90 Å². The standard InChI is InChI=1S/C9H16O3/c1-6(2)8(10)5-4-7(3)9(11)12/h4,6,8,10H,5H2,1-3H3,(H,11,12)/b7-4+. The number of hydrogen-bond acceptors (Lipinski definition) is 2. The molecule has 0 radical (unpaired) electrons. The van der Waals surface area contributed by atoms with Gasteiger partial charge >= 0.3 is 5.97 Å². The van der Waals surface area contributed by atoms with Crippen LogP contribution >= 0.6 is 0 Å². The lowest BCUT2D eigenvalue weighted by molar-refractivity contribution is -0.132. The minimum atomic E-state index is -0.925. The van der Waals surface area contributed by atoms with Gasteiger partial charge in [-0.3, -0.25) is 0 Å². The predicted octanol–water partition coefficient (Wildman–Crippen LogP) is 1.42. The van der Waals surface area contributed by atoms with Gasteiger partial charge in [-0.05, 0) is 19.3 Å². The lowest BCUT2D eigenvalue weighted by Crippen LogP contribution is -2.13. The molecule has 0 bridgehead atoms. The van der Waals surface area contributed by atoms with Crippen molar-refractivity contribution in [2.75, 3.05) is 0 Å². The molecular weight excluding hydrogens is 156 g/mol. The van der Waals surface area contributed by atoms with Gasteiger partial charge in [-0.25, -0.2) is 4.79 Å². The Bertz CT molecular complexity index is 182. The Morgan fingerprint density at radius 3 is 2.33 bits per heavy atom. The molecule has 70 valence electrons. The molecule has 1 atom stereocenters. The molecule has 0 aromatic heterocycles. The zero-order valence-corrected chi connectivity index (χ0v) is 7.74. The number of hydrogen-bond donors (Lipinski definition) is 2. The van der Waals surface area contributed by atoms with Crippen LogP contribution in [0, 0.1) is 5.92 Å². The summed E-state index contributed by atoms with van der Waals surface area (Å²) in [6.45, 7) is 5.32. The van der Waals surface area contributed by atoms with Crippen LogP contribution in [-0.2, 0) is 4.79 Å². The second-order valence-corrected chi connectivity index (χ2v) is 3.24. The van der Waals surface area contributed by atoms with Gasteiger partial charge in [-0.15, -0.1) is 0 Å². The van der Waals surface area contributed by atoms with Crippen LogP contribution in [0.15, 0.2) is 11.6 Å². The second-order valence-electron chi connectivity index (χ2n) is 3.24. The van der Waals surface area contributed by atoms with E-state index in [1.165, 1.54) is 6.92 Å². The fourth-order valence-electron chi connectivity index (χ4n) is 0.657. The first-order valence-electron chi connectivity index (χ1n) is 4.03. The molecule has 0 spiro atoms. The van der Waals surface area contributed by atoms with Crippen molar-refractivity contribution in [3.63, 3.8) is 0 Å². The normalized spacial score (nSPS) is 14.9. The molecule has 0 aromatic carbocycles. The average Bonchev–Trinajstić information content (AvgIpc) is 1.98. The minimum absolute atomic E-state index is 0.169. The SMILES string of the molecule is C/C(=C\CC(O)C(C)C)C(=O)O. The van der Waals surface area contributed by atoms with Crippen LogP contribution in [0.3, 0.4) is 0 Å². The third-order valence-electron chi connectivity index (χ3n) is 1.77. The van der Waals surface area contributed by atoms with Gasteiger partial charge in [0.05, 0.1) is 6.10 Å². The van der Waals surface area contributed by atoms with Crippen LogP contribution in [-0.4, -0.2) is 22.3 Å². The zero-order chi connectivity index (χ0) is 9.72. The van der Waals surface area contributed by atoms with Crippen LogP contribution in [0.1, 0.15) is 27.2 Å². The van der Waals surface area contributed by atoms with Crippen molar-refractivity contribution in [2.45, 2.75) is 33.3 Å². The van der Waals surface area contributed by atoms with Crippen molar-refractivity contribution < 1.29 is 15.0 Å². The monoisotopic (exact) mass is 172 g/mol. The Labute approximate surface area is 72.7 Å². The van der Waals surface area contributed by atoms with Crippen molar-refractivity contribution >= 4 is 5.97 Å². The highest BCUT2D eigenvalue weighted by molar-refractivity contribution is 5.85. The van der Waals surface area contributed by atoms with E-state index in [-0.39, 0.29) is 11.5 Å².